The van der Waals surface area contributed by atoms with Crippen molar-refractivity contribution < 1.29 is 9.59 Å². The lowest BCUT2D eigenvalue weighted by Gasteiger charge is -2.29. The molecule has 4 rings (SSSR count). The fraction of sp³-hybridized carbons (Fsp3) is 0.136. The van der Waals surface area contributed by atoms with E-state index in [1.807, 2.05) is 43.4 Å². The number of benzene rings is 2. The Kier molecular flexibility index (Phi) is 5.67. The molecule has 2 heterocycles. The van der Waals surface area contributed by atoms with Crippen LogP contribution >= 0.6 is 0 Å². The van der Waals surface area contributed by atoms with Gasteiger partial charge < -0.3 is 20.9 Å². The number of fused-ring (bicyclic) bond motifs is 1. The van der Waals surface area contributed by atoms with E-state index in [4.69, 9.17) is 5.41 Å². The molecule has 1 atom stereocenters. The maximum Gasteiger partial charge on any atom is 0.319 e. The van der Waals surface area contributed by atoms with E-state index in [9.17, 15) is 9.59 Å². The van der Waals surface area contributed by atoms with Gasteiger partial charge in [0.15, 0.2) is 0 Å². The average molecular weight is 430 g/mol. The van der Waals surface area contributed by atoms with Gasteiger partial charge in [0.2, 0.25) is 0 Å². The molecule has 32 heavy (non-hydrogen) atoms. The summed E-state index contributed by atoms with van der Waals surface area (Å²) < 4.78 is 0. The molecule has 1 aromatic heterocycles. The number of carbonyl (C=O) groups is 2. The summed E-state index contributed by atoms with van der Waals surface area (Å²) in [5, 5.41) is 23.2. The van der Waals surface area contributed by atoms with Crippen LogP contribution in [0.4, 0.5) is 16.2 Å². The molecule has 1 aliphatic heterocycles. The second kappa shape index (κ2) is 8.72. The van der Waals surface area contributed by atoms with Crippen LogP contribution in [0, 0.1) is 5.41 Å². The smallest absolute Gasteiger partial charge is 0.319 e. The molecule has 1 aliphatic rings. The highest BCUT2D eigenvalue weighted by molar-refractivity contribution is 6.07. The van der Waals surface area contributed by atoms with Crippen LogP contribution in [-0.2, 0) is 4.79 Å². The SMILES string of the molecule is CC1=C(C(=O)Nc2ccc3[nH]ncc3c2)C(c2ccc(N(C)C=NC=N)cc2)NC(=O)N1. The minimum absolute atomic E-state index is 0.317. The maximum atomic E-state index is 13.2. The fourth-order valence-corrected chi connectivity index (χ4v) is 3.57. The van der Waals surface area contributed by atoms with Crippen molar-refractivity contribution in [1.29, 1.82) is 5.41 Å². The summed E-state index contributed by atoms with van der Waals surface area (Å²) in [6.45, 7) is 1.70. The van der Waals surface area contributed by atoms with E-state index >= 15 is 0 Å². The number of urea groups is 1. The van der Waals surface area contributed by atoms with Gasteiger partial charge in [-0.3, -0.25) is 15.3 Å². The Balaban J connectivity index is 1.61. The summed E-state index contributed by atoms with van der Waals surface area (Å²) in [6.07, 6.45) is 4.17. The quantitative estimate of drug-likeness (QED) is 0.303. The van der Waals surface area contributed by atoms with Gasteiger partial charge in [-0.15, -0.1) is 0 Å². The number of aromatic amines is 1. The van der Waals surface area contributed by atoms with Crippen LogP contribution in [0.15, 0.2) is 64.9 Å². The molecule has 162 valence electrons. The van der Waals surface area contributed by atoms with Crippen molar-refractivity contribution in [3.05, 3.63) is 65.5 Å². The van der Waals surface area contributed by atoms with Gasteiger partial charge in [-0.2, -0.15) is 5.10 Å². The molecule has 3 aromatic rings. The highest BCUT2D eigenvalue weighted by atomic mass is 16.2. The molecule has 0 radical (unpaired) electrons. The van der Waals surface area contributed by atoms with Crippen LogP contribution in [0.5, 0.6) is 0 Å². The summed E-state index contributed by atoms with van der Waals surface area (Å²) in [5.74, 6) is -0.317. The van der Waals surface area contributed by atoms with Gasteiger partial charge in [-0.1, -0.05) is 12.1 Å². The first-order valence-corrected chi connectivity index (χ1v) is 9.84. The Hall–Kier alpha value is -4.47. The second-order valence-electron chi connectivity index (χ2n) is 7.29. The van der Waals surface area contributed by atoms with E-state index in [0.717, 1.165) is 28.5 Å². The lowest BCUT2D eigenvalue weighted by atomic mass is 9.94. The third kappa shape index (κ3) is 4.19. The molecule has 1 unspecified atom stereocenters. The van der Waals surface area contributed by atoms with Gasteiger partial charge in [0.05, 0.1) is 29.7 Å². The summed E-state index contributed by atoms with van der Waals surface area (Å²) in [4.78, 5) is 30.9. The van der Waals surface area contributed by atoms with Gasteiger partial charge >= 0.3 is 6.03 Å². The minimum atomic E-state index is -0.615. The van der Waals surface area contributed by atoms with Crippen LogP contribution in [0.25, 0.3) is 10.9 Å². The Morgan fingerprint density at radius 1 is 1.25 bits per heavy atom. The first kappa shape index (κ1) is 20.8. The van der Waals surface area contributed by atoms with E-state index in [1.165, 1.54) is 6.34 Å². The van der Waals surface area contributed by atoms with Gasteiger partial charge in [0.1, 0.15) is 6.34 Å². The monoisotopic (exact) mass is 430 g/mol. The molecule has 5 N–H and O–H groups in total. The number of H-pyrrole nitrogens is 1. The summed E-state index contributed by atoms with van der Waals surface area (Å²) in [7, 11) is 1.81. The lowest BCUT2D eigenvalue weighted by molar-refractivity contribution is -0.113. The average Bonchev–Trinajstić information content (AvgIpc) is 3.25. The van der Waals surface area contributed by atoms with E-state index < -0.39 is 6.04 Å². The minimum Gasteiger partial charge on any atom is -0.335 e. The van der Waals surface area contributed by atoms with Crippen molar-refractivity contribution in [1.82, 2.24) is 20.8 Å². The molecule has 2 aromatic carbocycles. The molecule has 0 saturated heterocycles. The third-order valence-corrected chi connectivity index (χ3v) is 5.16. The number of aliphatic imine (C=N–C) groups is 1. The van der Waals surface area contributed by atoms with Crippen molar-refractivity contribution in [3.8, 4) is 0 Å². The van der Waals surface area contributed by atoms with Gasteiger partial charge in [-0.05, 0) is 42.8 Å². The van der Waals surface area contributed by atoms with Crippen molar-refractivity contribution in [2.24, 2.45) is 4.99 Å². The van der Waals surface area contributed by atoms with E-state index in [-0.39, 0.29) is 11.9 Å². The summed E-state index contributed by atoms with van der Waals surface area (Å²) in [5.41, 5.74) is 4.01. The molecule has 10 nitrogen and oxygen atoms in total. The predicted octanol–water partition coefficient (Wildman–Crippen LogP) is 2.90. The number of amides is 3. The largest absolute Gasteiger partial charge is 0.335 e. The van der Waals surface area contributed by atoms with Crippen LogP contribution in [0.1, 0.15) is 18.5 Å². The standard InChI is InChI=1S/C22H22N8O2/c1-13-19(21(31)27-16-5-8-18-15(9-16)10-25-29-18)20(28-22(32)26-13)14-3-6-17(7-4-14)30(2)12-24-11-23/h3-12,20,23H,1-2H3,(H,25,29)(H,27,31)(H2,26,28,32). The van der Waals surface area contributed by atoms with Crippen LogP contribution in [-0.4, -0.2) is 41.9 Å². The van der Waals surface area contributed by atoms with Crippen molar-refractivity contribution >= 4 is 46.9 Å². The van der Waals surface area contributed by atoms with Crippen LogP contribution in [0.3, 0.4) is 0 Å². The number of hydrogen-bond donors (Lipinski definition) is 5. The summed E-state index contributed by atoms with van der Waals surface area (Å²) in [6, 6.07) is 11.9. The highest BCUT2D eigenvalue weighted by Crippen LogP contribution is 2.29. The van der Waals surface area contributed by atoms with E-state index in [0.29, 0.717) is 17.0 Å². The summed E-state index contributed by atoms with van der Waals surface area (Å²) >= 11 is 0. The second-order valence-corrected chi connectivity index (χ2v) is 7.29. The van der Waals surface area contributed by atoms with Crippen molar-refractivity contribution in [3.63, 3.8) is 0 Å². The number of nitrogens with zero attached hydrogens (tertiary/aromatic N) is 3. The number of carbonyl (C=O) groups excluding carboxylic acids is 2. The van der Waals surface area contributed by atoms with Gasteiger partial charge in [-0.25, -0.2) is 9.79 Å². The molecular formula is C22H22N8O2. The molecule has 0 bridgehead atoms. The zero-order chi connectivity index (χ0) is 22.7. The van der Waals surface area contributed by atoms with Crippen molar-refractivity contribution in [2.45, 2.75) is 13.0 Å². The fourth-order valence-electron chi connectivity index (χ4n) is 3.57. The molecule has 0 spiro atoms. The molecule has 0 aliphatic carbocycles. The van der Waals surface area contributed by atoms with Gasteiger partial charge in [0, 0.05) is 29.5 Å². The van der Waals surface area contributed by atoms with Crippen LogP contribution < -0.4 is 20.9 Å². The maximum absolute atomic E-state index is 13.2. The van der Waals surface area contributed by atoms with E-state index in [2.05, 4.69) is 31.1 Å². The lowest BCUT2D eigenvalue weighted by Crippen LogP contribution is -2.45. The zero-order valence-corrected chi connectivity index (χ0v) is 17.5. The van der Waals surface area contributed by atoms with Gasteiger partial charge in [0.25, 0.3) is 5.91 Å². The molecule has 0 fully saturated rings. The topological polar surface area (TPSA) is 138 Å². The highest BCUT2D eigenvalue weighted by Gasteiger charge is 2.31. The third-order valence-electron chi connectivity index (χ3n) is 5.16. The van der Waals surface area contributed by atoms with Crippen LogP contribution in [0.2, 0.25) is 0 Å². The Labute approximate surface area is 183 Å². The predicted molar refractivity (Wildman–Crippen MR) is 124 cm³/mol. The normalized spacial score (nSPS) is 16.1. The Morgan fingerprint density at radius 3 is 2.78 bits per heavy atom. The number of rotatable bonds is 6. The molecule has 10 heteroatoms. The number of anilines is 2. The van der Waals surface area contributed by atoms with E-state index in [1.54, 1.807) is 24.1 Å². The number of hydrogen-bond acceptors (Lipinski definition) is 4. The molecule has 3 amide bonds. The number of allylic oxidation sites excluding steroid dienone is 1. The molecule has 0 saturated carbocycles. The number of nitrogens with one attached hydrogen (secondary N) is 5. The van der Waals surface area contributed by atoms with Crippen molar-refractivity contribution in [2.75, 3.05) is 17.3 Å². The first-order chi connectivity index (χ1) is 15.5. The first-order valence-electron chi connectivity index (χ1n) is 9.84. The Morgan fingerprint density at radius 2 is 2.03 bits per heavy atom. The number of aromatic nitrogens is 2. The Bertz CT molecular complexity index is 1240. The zero-order valence-electron chi connectivity index (χ0n) is 17.5. The molecular weight excluding hydrogens is 408 g/mol.